The Kier molecular flexibility index (Phi) is 4.08. The lowest BCUT2D eigenvalue weighted by Gasteiger charge is -2.23. The van der Waals surface area contributed by atoms with Crippen molar-refractivity contribution in [3.05, 3.63) is 35.9 Å². The largest absolute Gasteiger partial charge is 0.385 e. The van der Waals surface area contributed by atoms with Crippen LogP contribution in [0.15, 0.2) is 30.3 Å². The third-order valence-corrected chi connectivity index (χ3v) is 2.44. The minimum absolute atomic E-state index is 0.301. The number of halogens is 1. The molecular weight excluding hydrogens is 179 g/mol. The molecule has 0 heterocycles. The molecule has 0 aliphatic heterocycles. The molecule has 1 aromatic rings. The Balaban J connectivity index is 2.56. The fraction of sp³-hybridized carbons (Fsp3) is 0.500. The summed E-state index contributed by atoms with van der Waals surface area (Å²) >= 11 is 0. The van der Waals surface area contributed by atoms with Crippen molar-refractivity contribution in [1.29, 1.82) is 0 Å². The fourth-order valence-corrected chi connectivity index (χ4v) is 1.51. The second-order valence-corrected chi connectivity index (χ2v) is 3.79. The fourth-order valence-electron chi connectivity index (χ4n) is 1.51. The van der Waals surface area contributed by atoms with Crippen LogP contribution in [-0.2, 0) is 5.60 Å². The Morgan fingerprint density at radius 3 is 2.43 bits per heavy atom. The molecule has 0 saturated carbocycles. The highest BCUT2D eigenvalue weighted by molar-refractivity contribution is 5.21. The summed E-state index contributed by atoms with van der Waals surface area (Å²) in [6.45, 7) is 1.48. The van der Waals surface area contributed by atoms with Gasteiger partial charge in [0.1, 0.15) is 0 Å². The van der Waals surface area contributed by atoms with Gasteiger partial charge in [0.05, 0.1) is 12.3 Å². The monoisotopic (exact) mass is 196 g/mol. The zero-order valence-corrected chi connectivity index (χ0v) is 8.54. The maximum Gasteiger partial charge on any atom is 0.0894 e. The Labute approximate surface area is 84.6 Å². The van der Waals surface area contributed by atoms with Crippen molar-refractivity contribution in [3.63, 3.8) is 0 Å². The molecule has 14 heavy (non-hydrogen) atoms. The quantitative estimate of drug-likeness (QED) is 0.718. The number of unbranched alkanes of at least 4 members (excludes halogenated alkanes) is 1. The van der Waals surface area contributed by atoms with Gasteiger partial charge in [-0.1, -0.05) is 30.3 Å². The first-order valence-corrected chi connectivity index (χ1v) is 5.01. The van der Waals surface area contributed by atoms with Crippen LogP contribution in [0.5, 0.6) is 0 Å². The van der Waals surface area contributed by atoms with Crippen LogP contribution in [0.4, 0.5) is 4.39 Å². The molecule has 0 fully saturated rings. The van der Waals surface area contributed by atoms with E-state index in [1.54, 1.807) is 6.92 Å². The highest BCUT2D eigenvalue weighted by Crippen LogP contribution is 2.25. The summed E-state index contributed by atoms with van der Waals surface area (Å²) in [6, 6.07) is 9.52. The number of rotatable bonds is 5. The van der Waals surface area contributed by atoms with Gasteiger partial charge in [0.25, 0.3) is 0 Å². The first kappa shape index (κ1) is 11.2. The predicted molar refractivity (Wildman–Crippen MR) is 55.8 cm³/mol. The van der Waals surface area contributed by atoms with Gasteiger partial charge >= 0.3 is 0 Å². The minimum Gasteiger partial charge on any atom is -0.385 e. The van der Waals surface area contributed by atoms with Crippen LogP contribution in [0.3, 0.4) is 0 Å². The zero-order chi connectivity index (χ0) is 10.4. The van der Waals surface area contributed by atoms with Gasteiger partial charge in [0.2, 0.25) is 0 Å². The van der Waals surface area contributed by atoms with Crippen LogP contribution < -0.4 is 0 Å². The van der Waals surface area contributed by atoms with E-state index in [0.29, 0.717) is 12.8 Å². The maximum atomic E-state index is 11.9. The molecule has 1 atom stereocenters. The first-order chi connectivity index (χ1) is 6.67. The predicted octanol–water partition coefficient (Wildman–Crippen LogP) is 3.03. The molecule has 1 nitrogen and oxygen atoms in total. The topological polar surface area (TPSA) is 20.2 Å². The van der Waals surface area contributed by atoms with Gasteiger partial charge in [-0.25, -0.2) is 0 Å². The molecule has 1 unspecified atom stereocenters. The lowest BCUT2D eigenvalue weighted by Crippen LogP contribution is -2.20. The normalized spacial score (nSPS) is 15.1. The third kappa shape index (κ3) is 3.11. The van der Waals surface area contributed by atoms with E-state index in [0.717, 1.165) is 12.0 Å². The van der Waals surface area contributed by atoms with Crippen molar-refractivity contribution in [2.24, 2.45) is 0 Å². The summed E-state index contributed by atoms with van der Waals surface area (Å²) in [7, 11) is 0. The third-order valence-electron chi connectivity index (χ3n) is 2.44. The zero-order valence-electron chi connectivity index (χ0n) is 8.54. The Bertz CT molecular complexity index is 256. The van der Waals surface area contributed by atoms with E-state index in [4.69, 9.17) is 0 Å². The number of benzene rings is 1. The molecule has 0 bridgehead atoms. The van der Waals surface area contributed by atoms with E-state index in [2.05, 4.69) is 0 Å². The van der Waals surface area contributed by atoms with Gasteiger partial charge in [-0.15, -0.1) is 0 Å². The minimum atomic E-state index is -0.823. The van der Waals surface area contributed by atoms with E-state index in [9.17, 15) is 9.50 Å². The molecule has 0 aromatic heterocycles. The van der Waals surface area contributed by atoms with Crippen LogP contribution in [0.25, 0.3) is 0 Å². The molecule has 1 N–H and O–H groups in total. The van der Waals surface area contributed by atoms with E-state index in [1.165, 1.54) is 0 Å². The van der Waals surface area contributed by atoms with Crippen molar-refractivity contribution < 1.29 is 9.50 Å². The van der Waals surface area contributed by atoms with Crippen molar-refractivity contribution in [2.45, 2.75) is 31.8 Å². The number of hydrogen-bond donors (Lipinski definition) is 1. The first-order valence-electron chi connectivity index (χ1n) is 5.01. The summed E-state index contributed by atoms with van der Waals surface area (Å²) in [4.78, 5) is 0. The highest BCUT2D eigenvalue weighted by Gasteiger charge is 2.21. The van der Waals surface area contributed by atoms with Gasteiger partial charge in [-0.05, 0) is 31.7 Å². The van der Waals surface area contributed by atoms with Crippen LogP contribution in [0.2, 0.25) is 0 Å². The van der Waals surface area contributed by atoms with Gasteiger partial charge < -0.3 is 5.11 Å². The summed E-state index contributed by atoms with van der Waals surface area (Å²) in [6.07, 6.45) is 1.86. The number of aliphatic hydroxyl groups is 1. The summed E-state index contributed by atoms with van der Waals surface area (Å²) in [5, 5.41) is 10.1. The molecule has 2 heteroatoms. The Morgan fingerprint density at radius 1 is 1.21 bits per heavy atom. The summed E-state index contributed by atoms with van der Waals surface area (Å²) < 4.78 is 11.9. The molecule has 0 spiro atoms. The Morgan fingerprint density at radius 2 is 1.86 bits per heavy atom. The molecule has 0 radical (unpaired) electrons. The molecule has 0 amide bonds. The van der Waals surface area contributed by atoms with E-state index in [1.807, 2.05) is 30.3 Å². The van der Waals surface area contributed by atoms with E-state index in [-0.39, 0.29) is 6.67 Å². The average molecular weight is 196 g/mol. The lowest BCUT2D eigenvalue weighted by molar-refractivity contribution is 0.0445. The molecule has 0 saturated heterocycles. The van der Waals surface area contributed by atoms with Crippen molar-refractivity contribution in [3.8, 4) is 0 Å². The standard InChI is InChI=1S/C12H17FO/c1-12(14,9-5-6-10-13)11-7-3-2-4-8-11/h2-4,7-8,14H,5-6,9-10H2,1H3. The molecule has 1 rings (SSSR count). The second-order valence-electron chi connectivity index (χ2n) is 3.79. The molecule has 78 valence electrons. The van der Waals surface area contributed by atoms with Gasteiger partial charge in [-0.2, -0.15) is 0 Å². The van der Waals surface area contributed by atoms with Crippen LogP contribution >= 0.6 is 0 Å². The van der Waals surface area contributed by atoms with Crippen LogP contribution in [0, 0.1) is 0 Å². The van der Waals surface area contributed by atoms with Crippen LogP contribution in [-0.4, -0.2) is 11.8 Å². The molecular formula is C12H17FO. The van der Waals surface area contributed by atoms with Gasteiger partial charge in [0, 0.05) is 0 Å². The van der Waals surface area contributed by atoms with Crippen molar-refractivity contribution >= 4 is 0 Å². The van der Waals surface area contributed by atoms with Crippen molar-refractivity contribution in [2.75, 3.05) is 6.67 Å². The van der Waals surface area contributed by atoms with Gasteiger partial charge in [0.15, 0.2) is 0 Å². The number of hydrogen-bond acceptors (Lipinski definition) is 1. The van der Waals surface area contributed by atoms with Gasteiger partial charge in [-0.3, -0.25) is 4.39 Å². The van der Waals surface area contributed by atoms with E-state index >= 15 is 0 Å². The molecule has 0 aliphatic rings. The SMILES string of the molecule is CC(O)(CCCCF)c1ccccc1. The number of alkyl halides is 1. The molecule has 0 aliphatic carbocycles. The summed E-state index contributed by atoms with van der Waals surface area (Å²) in [5.74, 6) is 0. The van der Waals surface area contributed by atoms with Crippen molar-refractivity contribution in [1.82, 2.24) is 0 Å². The smallest absolute Gasteiger partial charge is 0.0894 e. The Hall–Kier alpha value is -0.890. The van der Waals surface area contributed by atoms with Crippen LogP contribution in [0.1, 0.15) is 31.7 Å². The second kappa shape index (κ2) is 5.11. The highest BCUT2D eigenvalue weighted by atomic mass is 19.1. The van der Waals surface area contributed by atoms with E-state index < -0.39 is 5.60 Å². The molecule has 1 aromatic carbocycles. The lowest BCUT2D eigenvalue weighted by atomic mass is 9.91. The summed E-state index contributed by atoms with van der Waals surface area (Å²) in [5.41, 5.74) is 0.0787. The average Bonchev–Trinajstić information content (AvgIpc) is 2.19. The maximum absolute atomic E-state index is 11.9.